The molecule has 1 aliphatic rings. The monoisotopic (exact) mass is 359 g/mol. The van der Waals surface area contributed by atoms with Gasteiger partial charge in [0.2, 0.25) is 0 Å². The summed E-state index contributed by atoms with van der Waals surface area (Å²) >= 11 is 0. The maximum absolute atomic E-state index is 2.45. The first kappa shape index (κ1) is 18.0. The van der Waals surface area contributed by atoms with E-state index in [0.717, 1.165) is 6.54 Å². The summed E-state index contributed by atoms with van der Waals surface area (Å²) in [5.41, 5.74) is 8.51. The molecular formula is C25H31N2+. The normalized spacial score (nSPS) is 12.9. The lowest BCUT2D eigenvalue weighted by molar-refractivity contribution is -0.671. The van der Waals surface area contributed by atoms with Gasteiger partial charge in [-0.3, -0.25) is 0 Å². The van der Waals surface area contributed by atoms with E-state index in [2.05, 4.69) is 99.5 Å². The van der Waals surface area contributed by atoms with E-state index in [4.69, 9.17) is 0 Å². The third kappa shape index (κ3) is 2.92. The minimum absolute atomic E-state index is 0.482. The van der Waals surface area contributed by atoms with Gasteiger partial charge in [-0.25, -0.2) is 4.57 Å². The Morgan fingerprint density at radius 1 is 0.852 bits per heavy atom. The Labute approximate surface area is 163 Å². The third-order valence-corrected chi connectivity index (χ3v) is 5.84. The fourth-order valence-electron chi connectivity index (χ4n) is 4.27. The van der Waals surface area contributed by atoms with Crippen LogP contribution in [0.3, 0.4) is 0 Å². The Balaban J connectivity index is 2.02. The molecule has 4 rings (SSSR count). The minimum Gasteiger partial charge on any atom is -0.225 e. The molecule has 0 radical (unpaired) electrons. The topological polar surface area (TPSA) is 8.81 Å². The Bertz CT molecular complexity index is 960. The summed E-state index contributed by atoms with van der Waals surface area (Å²) in [4.78, 5) is 0. The van der Waals surface area contributed by atoms with Crippen molar-refractivity contribution in [2.45, 2.75) is 65.8 Å². The molecule has 0 fully saturated rings. The highest BCUT2D eigenvalue weighted by atomic mass is 15.2. The number of rotatable bonds is 4. The van der Waals surface area contributed by atoms with Gasteiger partial charge in [-0.1, -0.05) is 71.9 Å². The molecule has 2 aromatic carbocycles. The highest BCUT2D eigenvalue weighted by molar-refractivity contribution is 5.65. The van der Waals surface area contributed by atoms with Crippen molar-refractivity contribution in [1.82, 2.24) is 4.57 Å². The average Bonchev–Trinajstić information content (AvgIpc) is 3.19. The van der Waals surface area contributed by atoms with Crippen molar-refractivity contribution in [2.24, 2.45) is 0 Å². The van der Waals surface area contributed by atoms with Crippen LogP contribution >= 0.6 is 0 Å². The van der Waals surface area contributed by atoms with Gasteiger partial charge < -0.3 is 0 Å². The van der Waals surface area contributed by atoms with E-state index >= 15 is 0 Å². The Kier molecular flexibility index (Phi) is 4.46. The molecule has 0 aliphatic carbocycles. The van der Waals surface area contributed by atoms with Crippen molar-refractivity contribution in [1.29, 1.82) is 0 Å². The summed E-state index contributed by atoms with van der Waals surface area (Å²) in [6.45, 7) is 14.8. The molecule has 2 nitrogen and oxygen atoms in total. The van der Waals surface area contributed by atoms with Crippen LogP contribution in [0.5, 0.6) is 0 Å². The van der Waals surface area contributed by atoms with Crippen molar-refractivity contribution in [2.75, 3.05) is 0 Å². The predicted octanol–water partition coefficient (Wildman–Crippen LogP) is 6.16. The van der Waals surface area contributed by atoms with Crippen molar-refractivity contribution in [3.8, 4) is 17.1 Å². The molecule has 0 N–H and O–H groups in total. The SMILES string of the molecule is CC(C)c1cc(C(C)C)c(-n2cc[n+]3c2-c2ccccc2C3)c(C(C)C)c1. The van der Waals surface area contributed by atoms with Gasteiger partial charge in [0, 0.05) is 16.7 Å². The lowest BCUT2D eigenvalue weighted by atomic mass is 9.87. The zero-order chi connectivity index (χ0) is 19.3. The molecule has 1 aliphatic heterocycles. The van der Waals surface area contributed by atoms with Crippen LogP contribution in [0.2, 0.25) is 0 Å². The maximum Gasteiger partial charge on any atom is 0.294 e. The van der Waals surface area contributed by atoms with Crippen LogP contribution in [0.15, 0.2) is 48.8 Å². The molecule has 2 heterocycles. The van der Waals surface area contributed by atoms with Crippen LogP contribution < -0.4 is 4.57 Å². The highest BCUT2D eigenvalue weighted by Crippen LogP contribution is 2.37. The number of nitrogens with zero attached hydrogens (tertiary/aromatic N) is 2. The Hall–Kier alpha value is -2.35. The number of hydrogen-bond donors (Lipinski definition) is 0. The van der Waals surface area contributed by atoms with Gasteiger partial charge in [-0.05, 0) is 29.4 Å². The summed E-state index contributed by atoms with van der Waals surface area (Å²) in [6.07, 6.45) is 4.49. The van der Waals surface area contributed by atoms with Gasteiger partial charge in [0.15, 0.2) is 0 Å². The molecule has 2 heteroatoms. The quantitative estimate of drug-likeness (QED) is 0.386. The van der Waals surface area contributed by atoms with E-state index in [1.165, 1.54) is 39.3 Å². The summed E-state index contributed by atoms with van der Waals surface area (Å²) in [5, 5.41) is 0. The van der Waals surface area contributed by atoms with Crippen LogP contribution in [-0.4, -0.2) is 4.57 Å². The molecule has 27 heavy (non-hydrogen) atoms. The number of hydrogen-bond acceptors (Lipinski definition) is 0. The minimum atomic E-state index is 0.482. The van der Waals surface area contributed by atoms with Gasteiger partial charge >= 0.3 is 0 Å². The second-order valence-corrected chi connectivity index (χ2v) is 8.79. The molecule has 140 valence electrons. The molecular weight excluding hydrogens is 328 g/mol. The number of benzene rings is 2. The molecule has 0 bridgehead atoms. The molecule has 0 unspecified atom stereocenters. The zero-order valence-electron chi connectivity index (χ0n) is 17.5. The predicted molar refractivity (Wildman–Crippen MR) is 113 cm³/mol. The Morgan fingerprint density at radius 2 is 1.48 bits per heavy atom. The Morgan fingerprint density at radius 3 is 2.07 bits per heavy atom. The lowest BCUT2D eigenvalue weighted by Gasteiger charge is -2.21. The number of aromatic nitrogens is 2. The third-order valence-electron chi connectivity index (χ3n) is 5.84. The van der Waals surface area contributed by atoms with Crippen molar-refractivity contribution in [3.05, 3.63) is 71.0 Å². The van der Waals surface area contributed by atoms with Gasteiger partial charge in [0.1, 0.15) is 24.6 Å². The van der Waals surface area contributed by atoms with Gasteiger partial charge in [-0.2, -0.15) is 4.57 Å². The van der Waals surface area contributed by atoms with Gasteiger partial charge in [-0.15, -0.1) is 0 Å². The van der Waals surface area contributed by atoms with Gasteiger partial charge in [0.05, 0.1) is 5.56 Å². The number of fused-ring (bicyclic) bond motifs is 3. The summed E-state index contributed by atoms with van der Waals surface area (Å²) < 4.78 is 4.83. The van der Waals surface area contributed by atoms with E-state index in [0.29, 0.717) is 17.8 Å². The highest BCUT2D eigenvalue weighted by Gasteiger charge is 2.32. The van der Waals surface area contributed by atoms with Crippen LogP contribution in [0, 0.1) is 0 Å². The van der Waals surface area contributed by atoms with E-state index in [9.17, 15) is 0 Å². The zero-order valence-corrected chi connectivity index (χ0v) is 17.5. The molecule has 0 amide bonds. The van der Waals surface area contributed by atoms with Crippen LogP contribution in [0.25, 0.3) is 17.1 Å². The second-order valence-electron chi connectivity index (χ2n) is 8.79. The van der Waals surface area contributed by atoms with Crippen molar-refractivity contribution in [3.63, 3.8) is 0 Å². The summed E-state index contributed by atoms with van der Waals surface area (Å²) in [5.74, 6) is 2.82. The molecule has 0 saturated carbocycles. The van der Waals surface area contributed by atoms with Crippen molar-refractivity contribution >= 4 is 0 Å². The first-order valence-corrected chi connectivity index (χ1v) is 10.3. The van der Waals surface area contributed by atoms with E-state index in [-0.39, 0.29) is 0 Å². The van der Waals surface area contributed by atoms with Crippen LogP contribution in [0.1, 0.15) is 81.5 Å². The first-order valence-electron chi connectivity index (χ1n) is 10.3. The molecule has 3 aromatic rings. The smallest absolute Gasteiger partial charge is 0.225 e. The summed E-state index contributed by atoms with van der Waals surface area (Å²) in [7, 11) is 0. The summed E-state index contributed by atoms with van der Waals surface area (Å²) in [6, 6.07) is 13.7. The fraction of sp³-hybridized carbons (Fsp3) is 0.400. The average molecular weight is 360 g/mol. The van der Waals surface area contributed by atoms with Gasteiger partial charge in [0.25, 0.3) is 5.82 Å². The van der Waals surface area contributed by atoms with Crippen molar-refractivity contribution < 1.29 is 4.57 Å². The van der Waals surface area contributed by atoms with E-state index < -0.39 is 0 Å². The molecule has 0 saturated heterocycles. The molecule has 0 spiro atoms. The molecule has 1 aromatic heterocycles. The largest absolute Gasteiger partial charge is 0.294 e. The first-order chi connectivity index (χ1) is 12.9. The maximum atomic E-state index is 2.45. The molecule has 0 atom stereocenters. The van der Waals surface area contributed by atoms with Crippen LogP contribution in [-0.2, 0) is 6.54 Å². The van der Waals surface area contributed by atoms with E-state index in [1.807, 2.05) is 0 Å². The second kappa shape index (κ2) is 6.67. The number of imidazole rings is 1. The lowest BCUT2D eigenvalue weighted by Crippen LogP contribution is -2.30. The van der Waals surface area contributed by atoms with E-state index in [1.54, 1.807) is 0 Å². The van der Waals surface area contributed by atoms with Crippen LogP contribution in [0.4, 0.5) is 0 Å². The fourth-order valence-corrected chi connectivity index (χ4v) is 4.27. The standard InChI is InChI=1S/C25H31N2/c1-16(2)20-13-22(17(3)4)24(23(14-20)18(5)6)27-12-11-26-15-19-9-7-8-10-21(19)25(26)27/h7-14,16-18H,15H2,1-6H3/q+1.